The fourth-order valence-corrected chi connectivity index (χ4v) is 36.5. The summed E-state index contributed by atoms with van der Waals surface area (Å²) in [6.45, 7) is 15.9. The summed E-state index contributed by atoms with van der Waals surface area (Å²) >= 11 is -2.48. The van der Waals surface area contributed by atoms with E-state index in [4.69, 9.17) is 51.1 Å². The fourth-order valence-electron chi connectivity index (χ4n) is 31.1. The molecule has 14 heteroatoms. The fraction of sp³-hybridized carbons (Fsp3) is 0.931. The van der Waals surface area contributed by atoms with Crippen LogP contribution in [0.4, 0.5) is 0 Å². The normalized spacial score (nSPS) is 46.0. The predicted octanol–water partition coefficient (Wildman–Crippen LogP) is 27.0. The Bertz CT molecular complexity index is 2260. The van der Waals surface area contributed by atoms with Crippen LogP contribution in [0.25, 0.3) is 0 Å². The van der Waals surface area contributed by atoms with Gasteiger partial charge in [-0.1, -0.05) is 163 Å². The van der Waals surface area contributed by atoms with Crippen molar-refractivity contribution < 1.29 is 62.5 Å². The molecule has 0 aromatic rings. The van der Waals surface area contributed by atoms with Crippen molar-refractivity contribution in [2.45, 2.75) is 351 Å². The van der Waals surface area contributed by atoms with Crippen LogP contribution in [0.2, 0.25) is 24.2 Å². The standard InChI is InChI=1S/C35H58N2.C24H43NSi.C17H29N.C5H10.6CH3.6ClH.3Zr/c1-20-13-15-30-28(17-20)32-24-11-7-5-9-22(24)26(34(32)36(30)3)19-27-23-10-6-8-12-25(23)33-29-18-21(2)14-16-31(29)37(4)35(27)33;1-16-13-14-21-20(15-16)22-23(25(21)2)18-11-7-8-12-19(18)24(22)26(3,4)17-9-5-6-10-17;1-11-7-8-16-14(9-11)15-10-12-5-3-4-6-13(12)17(15)18(16)2;1-2-4-5-3-1;;;;;;;;;;;;;;;/h20-35H,5-19H2,1-4H3;16-24H,5-15H2,1-4H3;11-17H,3-10H2,1-2H3;1-5H2;6*1H3;6*1H;;;/q;;;;6*-1;;;;;;;3*+4/p-6. The summed E-state index contributed by atoms with van der Waals surface area (Å²) < 4.78 is 0. The van der Waals surface area contributed by atoms with Crippen LogP contribution in [0.3, 0.4) is 0 Å². The van der Waals surface area contributed by atoms with Crippen LogP contribution in [0.5, 0.6) is 0 Å². The van der Waals surface area contributed by atoms with E-state index in [-0.39, 0.29) is 44.6 Å². The van der Waals surface area contributed by atoms with Crippen molar-refractivity contribution in [1.82, 2.24) is 19.6 Å². The molecule has 0 aromatic heterocycles. The first-order valence-corrected chi connectivity index (χ1v) is 63.9. The molecule has 14 aliphatic carbocycles. The van der Waals surface area contributed by atoms with Crippen molar-refractivity contribution >= 4 is 59.2 Å². The molecule has 14 saturated carbocycles. The molecule has 18 fully saturated rings. The number of hydrogen-bond donors (Lipinski definition) is 0. The Hall–Kier alpha value is 4.45. The van der Waals surface area contributed by atoms with Gasteiger partial charge in [0.1, 0.15) is 0 Å². The number of likely N-dealkylation sites (tertiary alicyclic amines) is 4. The van der Waals surface area contributed by atoms with Crippen LogP contribution in [-0.2, 0) is 62.5 Å². The molecule has 0 N–H and O–H groups in total. The Balaban J connectivity index is 0.000000220. The maximum absolute atomic E-state index is 4.93. The van der Waals surface area contributed by atoms with E-state index < -0.39 is 70.6 Å². The van der Waals surface area contributed by atoms with E-state index in [0.29, 0.717) is 0 Å². The molecule has 4 aliphatic heterocycles. The molecule has 584 valence electrons. The first-order chi connectivity index (χ1) is 46.0. The molecule has 18 aliphatic rings. The van der Waals surface area contributed by atoms with Crippen molar-refractivity contribution in [3.63, 3.8) is 0 Å². The van der Waals surface area contributed by atoms with E-state index in [9.17, 15) is 0 Å². The monoisotopic (exact) mass is 1770 g/mol. The van der Waals surface area contributed by atoms with Gasteiger partial charge in [-0.15, -0.1) is 0 Å². The molecule has 0 spiro atoms. The van der Waals surface area contributed by atoms with Gasteiger partial charge in [-0.2, -0.15) is 0 Å². The molecule has 4 heterocycles. The summed E-state index contributed by atoms with van der Waals surface area (Å²) in [7, 11) is 38.7. The van der Waals surface area contributed by atoms with Crippen LogP contribution in [-0.4, -0.2) is 104 Å². The number of rotatable bonds is 4. The van der Waals surface area contributed by atoms with Gasteiger partial charge in [0.2, 0.25) is 0 Å². The summed E-state index contributed by atoms with van der Waals surface area (Å²) in [6, 6.07) is 7.57. The molecule has 4 saturated heterocycles. The molecule has 4 nitrogen and oxygen atoms in total. The number of halogens is 6. The van der Waals surface area contributed by atoms with E-state index in [1.165, 1.54) is 135 Å². The minimum absolute atomic E-state index is 0. The zero-order chi connectivity index (χ0) is 67.0. The molecule has 0 amide bonds. The van der Waals surface area contributed by atoms with Gasteiger partial charge >= 0.3 is 114 Å². The van der Waals surface area contributed by atoms with Gasteiger partial charge in [0, 0.05) is 48.3 Å². The van der Waals surface area contributed by atoms with Gasteiger partial charge in [0.25, 0.3) is 0 Å². The summed E-state index contributed by atoms with van der Waals surface area (Å²) in [4.78, 5) is 11.9. The Morgan fingerprint density at radius 2 is 0.594 bits per heavy atom. The molecule has 101 heavy (non-hydrogen) atoms. The van der Waals surface area contributed by atoms with Crippen LogP contribution >= 0.6 is 51.1 Å². The van der Waals surface area contributed by atoms with Crippen LogP contribution < -0.4 is 0 Å². The molecular formula is C87H158Cl6N4SiZr3. The van der Waals surface area contributed by atoms with Crippen molar-refractivity contribution in [3.8, 4) is 0 Å². The third-order valence-electron chi connectivity index (χ3n) is 34.1. The Morgan fingerprint density at radius 3 is 1.01 bits per heavy atom. The molecule has 0 radical (unpaired) electrons. The van der Waals surface area contributed by atoms with Crippen molar-refractivity contribution in [2.24, 2.45) is 130 Å². The van der Waals surface area contributed by atoms with Crippen LogP contribution in [0.15, 0.2) is 0 Å². The summed E-state index contributed by atoms with van der Waals surface area (Å²) in [5.74, 6) is 23.1. The quantitative estimate of drug-likeness (QED) is 0.205. The zero-order valence-corrected chi connectivity index (χ0v) is 81.0. The van der Waals surface area contributed by atoms with E-state index in [2.05, 4.69) is 88.6 Å². The van der Waals surface area contributed by atoms with E-state index in [1.807, 2.05) is 0 Å². The second-order valence-corrected chi connectivity index (χ2v) is 54.6. The average molecular weight is 1770 g/mol. The van der Waals surface area contributed by atoms with Crippen molar-refractivity contribution in [1.29, 1.82) is 0 Å². The molecule has 0 aromatic carbocycles. The van der Waals surface area contributed by atoms with Crippen molar-refractivity contribution in [2.75, 3.05) is 28.2 Å². The van der Waals surface area contributed by atoms with Crippen molar-refractivity contribution in [3.05, 3.63) is 44.6 Å². The molecular weight excluding hydrogens is 1620 g/mol. The zero-order valence-electron chi connectivity index (χ0n) is 68.1. The van der Waals surface area contributed by atoms with Crippen LogP contribution in [0, 0.1) is 175 Å². The Kier molecular flexibility index (Phi) is 40.5. The summed E-state index contributed by atoms with van der Waals surface area (Å²) in [5, 5.41) is 0. The third-order valence-corrected chi connectivity index (χ3v) is 39.3. The Labute approximate surface area is 687 Å². The van der Waals surface area contributed by atoms with Gasteiger partial charge < -0.3 is 44.6 Å². The minimum atomic E-state index is -1.19. The molecule has 18 rings (SSSR count). The van der Waals surface area contributed by atoms with Gasteiger partial charge in [0.05, 0.1) is 8.07 Å². The second-order valence-electron chi connectivity index (χ2n) is 38.3. The van der Waals surface area contributed by atoms with E-state index >= 15 is 0 Å². The average Bonchev–Trinajstić information content (AvgIpc) is 1.55. The SMILES string of the molecule is C1CCCC1.CC1CCC2C(C1)C1C(C3CCCCC3C1[Si](C)(C)C1CCCC1)N2C.CC1CCC2C(C1)C1C3CCCCC3C(CC3C4CCCCC4C4C5CC(C)CCC5N(C)C34)C1N2C.CC1CCC2C(C1)C1CC3CCCCC3C1N2C.[CH3-].[CH3-].[CH3-].[CH3-].[CH3-].[CH3-].[Cl][Zr+2][Cl].[Cl][Zr+2][Cl].[Cl][Zr+2][Cl]. The molecule has 0 bridgehead atoms. The number of fused-ring (bicyclic) bond motifs is 20. The topological polar surface area (TPSA) is 13.0 Å². The van der Waals surface area contributed by atoms with E-state index in [0.717, 1.165) is 190 Å². The predicted molar refractivity (Wildman–Crippen MR) is 439 cm³/mol. The maximum atomic E-state index is 4.93. The molecule has 31 atom stereocenters. The summed E-state index contributed by atoms with van der Waals surface area (Å²) in [6.07, 6.45) is 60.0. The third kappa shape index (κ3) is 19.6. The number of nitrogens with zero attached hydrogens (tertiary/aromatic N) is 4. The number of hydrogen-bond acceptors (Lipinski definition) is 4. The van der Waals surface area contributed by atoms with Gasteiger partial charge in [-0.3, -0.25) is 19.6 Å². The first kappa shape index (κ1) is 94.3. The van der Waals surface area contributed by atoms with Gasteiger partial charge in [-0.25, -0.2) is 0 Å². The second kappa shape index (κ2) is 43.4. The first-order valence-electron chi connectivity index (χ1n) is 41.8. The molecule has 31 unspecified atom stereocenters. The van der Waals surface area contributed by atoms with Gasteiger partial charge in [-0.05, 0) is 298 Å². The Morgan fingerprint density at radius 1 is 0.287 bits per heavy atom. The van der Waals surface area contributed by atoms with E-state index in [1.54, 1.807) is 116 Å². The summed E-state index contributed by atoms with van der Waals surface area (Å²) in [5.41, 5.74) is 2.31. The van der Waals surface area contributed by atoms with Gasteiger partial charge in [0.15, 0.2) is 0 Å². The van der Waals surface area contributed by atoms with Crippen LogP contribution in [0.1, 0.15) is 278 Å².